The Hall–Kier alpha value is -3.45. The standard InChI is InChI=1S/C23H24ClN5O2/c1-4-18-21(22(25)28-13-27-18)19(26-3)12-31-20-11-17(9-8-14(20)2)29-23(30)15-6-5-7-16(24)10-15/h5-11,13H,4,12H2,1-3H3,(H,29,30)(H2,25,27,28). The number of hydrogen-bond acceptors (Lipinski definition) is 6. The van der Waals surface area contributed by atoms with Crippen molar-refractivity contribution < 1.29 is 9.53 Å². The van der Waals surface area contributed by atoms with E-state index in [9.17, 15) is 4.79 Å². The van der Waals surface area contributed by atoms with Crippen LogP contribution in [0.1, 0.15) is 34.1 Å². The van der Waals surface area contributed by atoms with Gasteiger partial charge in [-0.15, -0.1) is 0 Å². The van der Waals surface area contributed by atoms with E-state index in [1.807, 2.05) is 26.0 Å². The molecule has 0 bridgehead atoms. The summed E-state index contributed by atoms with van der Waals surface area (Å²) in [5, 5.41) is 3.37. The van der Waals surface area contributed by atoms with Gasteiger partial charge in [0.2, 0.25) is 0 Å². The molecule has 0 aliphatic carbocycles. The third-order valence-corrected chi connectivity index (χ3v) is 4.98. The average molecular weight is 438 g/mol. The Balaban J connectivity index is 1.77. The van der Waals surface area contributed by atoms with Crippen LogP contribution in [0.3, 0.4) is 0 Å². The van der Waals surface area contributed by atoms with Crippen molar-refractivity contribution in [3.63, 3.8) is 0 Å². The van der Waals surface area contributed by atoms with Crippen molar-refractivity contribution in [2.45, 2.75) is 20.3 Å². The Morgan fingerprint density at radius 1 is 1.23 bits per heavy atom. The number of anilines is 2. The van der Waals surface area contributed by atoms with Crippen molar-refractivity contribution in [2.75, 3.05) is 24.7 Å². The fourth-order valence-electron chi connectivity index (χ4n) is 3.08. The zero-order valence-electron chi connectivity index (χ0n) is 17.6. The zero-order valence-corrected chi connectivity index (χ0v) is 18.4. The second-order valence-corrected chi connectivity index (χ2v) is 7.27. The fraction of sp³-hybridized carbons (Fsp3) is 0.217. The van der Waals surface area contributed by atoms with Gasteiger partial charge < -0.3 is 15.8 Å². The van der Waals surface area contributed by atoms with Crippen molar-refractivity contribution in [1.29, 1.82) is 0 Å². The lowest BCUT2D eigenvalue weighted by molar-refractivity contribution is 0.102. The van der Waals surface area contributed by atoms with Crippen molar-refractivity contribution in [3.05, 3.63) is 76.2 Å². The number of halogens is 1. The molecule has 0 saturated carbocycles. The van der Waals surface area contributed by atoms with Crippen LogP contribution < -0.4 is 15.8 Å². The molecule has 3 aromatic rings. The highest BCUT2D eigenvalue weighted by molar-refractivity contribution is 6.31. The van der Waals surface area contributed by atoms with Gasteiger partial charge in [-0.3, -0.25) is 9.79 Å². The van der Waals surface area contributed by atoms with E-state index < -0.39 is 0 Å². The van der Waals surface area contributed by atoms with E-state index in [0.29, 0.717) is 45.5 Å². The summed E-state index contributed by atoms with van der Waals surface area (Å²) in [4.78, 5) is 25.2. The van der Waals surface area contributed by atoms with E-state index in [1.165, 1.54) is 6.33 Å². The number of carbonyl (C=O) groups excluding carboxylic acids is 1. The Labute approximate surface area is 186 Å². The van der Waals surface area contributed by atoms with Crippen LogP contribution in [0.4, 0.5) is 11.5 Å². The van der Waals surface area contributed by atoms with Gasteiger partial charge in [0.15, 0.2) is 0 Å². The molecular weight excluding hydrogens is 414 g/mol. The summed E-state index contributed by atoms with van der Waals surface area (Å²) in [7, 11) is 1.68. The van der Waals surface area contributed by atoms with Crippen LogP contribution in [0.15, 0.2) is 53.8 Å². The third kappa shape index (κ3) is 5.38. The summed E-state index contributed by atoms with van der Waals surface area (Å²) >= 11 is 5.98. The maximum atomic E-state index is 12.5. The number of hydrogen-bond donors (Lipinski definition) is 2. The third-order valence-electron chi connectivity index (χ3n) is 4.75. The lowest BCUT2D eigenvalue weighted by atomic mass is 10.1. The summed E-state index contributed by atoms with van der Waals surface area (Å²) < 4.78 is 6.03. The van der Waals surface area contributed by atoms with Gasteiger partial charge in [0.05, 0.1) is 17.0 Å². The fourth-order valence-corrected chi connectivity index (χ4v) is 3.27. The van der Waals surface area contributed by atoms with Crippen molar-refractivity contribution in [2.24, 2.45) is 4.99 Å². The van der Waals surface area contributed by atoms with E-state index >= 15 is 0 Å². The van der Waals surface area contributed by atoms with Gasteiger partial charge in [-0.1, -0.05) is 30.7 Å². The molecule has 1 amide bonds. The monoisotopic (exact) mass is 437 g/mol. The number of aromatic nitrogens is 2. The Morgan fingerprint density at radius 3 is 2.74 bits per heavy atom. The molecule has 0 atom stereocenters. The van der Waals surface area contributed by atoms with E-state index in [0.717, 1.165) is 11.3 Å². The second kappa shape index (κ2) is 10.0. The van der Waals surface area contributed by atoms with Gasteiger partial charge in [0, 0.05) is 29.4 Å². The molecule has 0 fully saturated rings. The first kappa shape index (κ1) is 22.2. The molecule has 1 heterocycles. The molecule has 160 valence electrons. The molecule has 0 aliphatic rings. The summed E-state index contributed by atoms with van der Waals surface area (Å²) in [6.45, 7) is 4.11. The number of carbonyl (C=O) groups is 1. The molecule has 0 aliphatic heterocycles. The first-order valence-electron chi connectivity index (χ1n) is 9.78. The quantitative estimate of drug-likeness (QED) is 0.535. The molecule has 0 radical (unpaired) electrons. The summed E-state index contributed by atoms with van der Waals surface area (Å²) in [5.74, 6) is 0.740. The minimum atomic E-state index is -0.255. The molecule has 0 spiro atoms. The van der Waals surface area contributed by atoms with Crippen molar-refractivity contribution in [3.8, 4) is 5.75 Å². The Morgan fingerprint density at radius 2 is 2.03 bits per heavy atom. The number of nitrogens with zero attached hydrogens (tertiary/aromatic N) is 3. The highest BCUT2D eigenvalue weighted by Crippen LogP contribution is 2.24. The lowest BCUT2D eigenvalue weighted by Crippen LogP contribution is -2.19. The topological polar surface area (TPSA) is 102 Å². The lowest BCUT2D eigenvalue weighted by Gasteiger charge is -2.15. The molecule has 1 aromatic heterocycles. The number of rotatable bonds is 7. The number of ether oxygens (including phenoxy) is 1. The summed E-state index contributed by atoms with van der Waals surface area (Å²) in [6, 6.07) is 12.2. The van der Waals surface area contributed by atoms with Gasteiger partial charge in [0.1, 0.15) is 24.5 Å². The van der Waals surface area contributed by atoms with Crippen LogP contribution in [0.5, 0.6) is 5.75 Å². The van der Waals surface area contributed by atoms with Gasteiger partial charge in [-0.2, -0.15) is 0 Å². The van der Waals surface area contributed by atoms with Crippen LogP contribution in [0.2, 0.25) is 5.02 Å². The Bertz CT molecular complexity index is 1130. The van der Waals surface area contributed by atoms with Crippen LogP contribution in [0.25, 0.3) is 0 Å². The van der Waals surface area contributed by atoms with Gasteiger partial charge in [-0.25, -0.2) is 9.97 Å². The van der Waals surface area contributed by atoms with Crippen LogP contribution in [-0.4, -0.2) is 35.2 Å². The largest absolute Gasteiger partial charge is 0.487 e. The average Bonchev–Trinajstić information content (AvgIpc) is 2.76. The van der Waals surface area contributed by atoms with Crippen LogP contribution in [-0.2, 0) is 6.42 Å². The van der Waals surface area contributed by atoms with Gasteiger partial charge in [0.25, 0.3) is 5.91 Å². The highest BCUT2D eigenvalue weighted by atomic mass is 35.5. The molecule has 0 saturated heterocycles. The van der Waals surface area contributed by atoms with E-state index in [-0.39, 0.29) is 12.5 Å². The van der Waals surface area contributed by atoms with Crippen molar-refractivity contribution >= 4 is 34.7 Å². The van der Waals surface area contributed by atoms with Gasteiger partial charge in [-0.05, 0) is 43.2 Å². The second-order valence-electron chi connectivity index (χ2n) is 6.84. The Kier molecular flexibility index (Phi) is 7.20. The first-order chi connectivity index (χ1) is 14.9. The van der Waals surface area contributed by atoms with Crippen LogP contribution in [0, 0.1) is 6.92 Å². The number of aryl methyl sites for hydroxylation is 2. The molecule has 3 N–H and O–H groups in total. The molecule has 7 nitrogen and oxygen atoms in total. The maximum absolute atomic E-state index is 12.5. The maximum Gasteiger partial charge on any atom is 0.255 e. The molecule has 0 unspecified atom stereocenters. The summed E-state index contributed by atoms with van der Waals surface area (Å²) in [6.07, 6.45) is 2.15. The SMILES string of the molecule is CCc1ncnc(N)c1C(COc1cc(NC(=O)c2cccc(Cl)c2)ccc1C)=NC. The minimum absolute atomic E-state index is 0.188. The zero-order chi connectivity index (χ0) is 22.4. The number of aliphatic imine (C=N–C) groups is 1. The number of benzene rings is 2. The van der Waals surface area contributed by atoms with E-state index in [1.54, 1.807) is 37.4 Å². The highest BCUT2D eigenvalue weighted by Gasteiger charge is 2.16. The smallest absolute Gasteiger partial charge is 0.255 e. The summed E-state index contributed by atoms with van der Waals surface area (Å²) in [5.41, 5.74) is 10.3. The van der Waals surface area contributed by atoms with Crippen molar-refractivity contribution in [1.82, 2.24) is 9.97 Å². The normalized spacial score (nSPS) is 11.3. The molecule has 31 heavy (non-hydrogen) atoms. The number of nitrogens with two attached hydrogens (primary N) is 1. The first-order valence-corrected chi connectivity index (χ1v) is 10.2. The van der Waals surface area contributed by atoms with E-state index in [4.69, 9.17) is 22.1 Å². The predicted molar refractivity (Wildman–Crippen MR) is 124 cm³/mol. The van der Waals surface area contributed by atoms with E-state index in [2.05, 4.69) is 20.3 Å². The molecule has 8 heteroatoms. The minimum Gasteiger partial charge on any atom is -0.487 e. The molecular formula is C23H24ClN5O2. The molecule has 2 aromatic carbocycles. The predicted octanol–water partition coefficient (Wildman–Crippen LogP) is 4.33. The number of nitrogen functional groups attached to an aromatic ring is 1. The number of nitrogens with one attached hydrogen (secondary N) is 1. The van der Waals surface area contributed by atoms with Crippen LogP contribution >= 0.6 is 11.6 Å². The number of amides is 1. The van der Waals surface area contributed by atoms with Gasteiger partial charge >= 0.3 is 0 Å². The molecule has 3 rings (SSSR count).